The van der Waals surface area contributed by atoms with Crippen molar-refractivity contribution in [2.24, 2.45) is 5.92 Å². The Labute approximate surface area is 139 Å². The normalized spacial score (nSPS) is 15.4. The summed E-state index contributed by atoms with van der Waals surface area (Å²) in [6.07, 6.45) is -0.422. The van der Waals surface area contributed by atoms with E-state index in [1.807, 2.05) is 13.8 Å². The number of hydrogen-bond acceptors (Lipinski definition) is 4. The van der Waals surface area contributed by atoms with Crippen LogP contribution in [-0.4, -0.2) is 41.5 Å². The number of rotatable bonds is 9. The number of carboxylic acids is 1. The maximum Gasteiger partial charge on any atom is 0.407 e. The van der Waals surface area contributed by atoms with Gasteiger partial charge in [-0.2, -0.15) is 0 Å². The average molecular weight is 329 g/mol. The van der Waals surface area contributed by atoms with Gasteiger partial charge in [-0.1, -0.05) is 25.8 Å². The molecule has 0 fully saturated rings. The maximum absolute atomic E-state index is 11.9. The first kappa shape index (κ1) is 21.4. The highest BCUT2D eigenvalue weighted by Crippen LogP contribution is 2.14. The van der Waals surface area contributed by atoms with Crippen LogP contribution >= 0.6 is 0 Å². The number of hydrogen-bond donors (Lipinski definition) is 2. The van der Waals surface area contributed by atoms with Gasteiger partial charge in [0.15, 0.2) is 6.10 Å². The lowest BCUT2D eigenvalue weighted by Gasteiger charge is -2.27. The van der Waals surface area contributed by atoms with Gasteiger partial charge in [0.05, 0.1) is 12.6 Å². The Hall–Kier alpha value is -1.56. The molecule has 0 spiro atoms. The summed E-state index contributed by atoms with van der Waals surface area (Å²) in [7, 11) is 0. The van der Waals surface area contributed by atoms with Crippen molar-refractivity contribution in [3.05, 3.63) is 12.2 Å². The number of carbonyl (C=O) groups is 2. The first-order valence-corrected chi connectivity index (χ1v) is 7.94. The SMILES string of the molecule is C=C(C)C[C@H](OCC(NC(=O)OC(C)(C)C)[C@@H](C)CC)C(=O)O. The van der Waals surface area contributed by atoms with Gasteiger partial charge in [-0.3, -0.25) is 0 Å². The van der Waals surface area contributed by atoms with Crippen LogP contribution in [0.15, 0.2) is 12.2 Å². The van der Waals surface area contributed by atoms with Crippen LogP contribution in [0.2, 0.25) is 0 Å². The van der Waals surface area contributed by atoms with Crippen LogP contribution in [0.3, 0.4) is 0 Å². The molecule has 6 nitrogen and oxygen atoms in total. The molecule has 1 amide bonds. The Morgan fingerprint density at radius 2 is 1.87 bits per heavy atom. The molecule has 0 bridgehead atoms. The number of aliphatic carboxylic acids is 1. The fourth-order valence-corrected chi connectivity index (χ4v) is 1.85. The Bertz CT molecular complexity index is 414. The minimum atomic E-state index is -1.03. The molecule has 2 N–H and O–H groups in total. The highest BCUT2D eigenvalue weighted by Gasteiger charge is 2.26. The summed E-state index contributed by atoms with van der Waals surface area (Å²) in [6.45, 7) is 14.9. The predicted molar refractivity (Wildman–Crippen MR) is 89.4 cm³/mol. The molecule has 0 aliphatic heterocycles. The van der Waals surface area contributed by atoms with Gasteiger partial charge in [0.25, 0.3) is 0 Å². The highest BCUT2D eigenvalue weighted by molar-refractivity contribution is 5.72. The number of carbonyl (C=O) groups excluding carboxylic acids is 1. The summed E-state index contributed by atoms with van der Waals surface area (Å²) in [5.74, 6) is -0.907. The second-order valence-corrected chi connectivity index (χ2v) is 6.96. The largest absolute Gasteiger partial charge is 0.479 e. The third-order valence-corrected chi connectivity index (χ3v) is 3.32. The van der Waals surface area contributed by atoms with E-state index in [9.17, 15) is 14.7 Å². The molecular formula is C17H31NO5. The molecule has 0 aromatic heterocycles. The Balaban J connectivity index is 4.75. The lowest BCUT2D eigenvalue weighted by Crippen LogP contribution is -2.46. The van der Waals surface area contributed by atoms with Gasteiger partial charge in [-0.05, 0) is 33.6 Å². The van der Waals surface area contributed by atoms with Crippen molar-refractivity contribution in [2.45, 2.75) is 72.1 Å². The number of amides is 1. The van der Waals surface area contributed by atoms with Gasteiger partial charge in [0.1, 0.15) is 5.60 Å². The molecule has 1 unspecified atom stereocenters. The van der Waals surface area contributed by atoms with Crippen molar-refractivity contribution in [2.75, 3.05) is 6.61 Å². The average Bonchev–Trinajstić information content (AvgIpc) is 2.38. The Morgan fingerprint density at radius 1 is 1.30 bits per heavy atom. The fraction of sp³-hybridized carbons (Fsp3) is 0.765. The maximum atomic E-state index is 11.9. The fourth-order valence-electron chi connectivity index (χ4n) is 1.85. The van der Waals surface area contributed by atoms with E-state index >= 15 is 0 Å². The second-order valence-electron chi connectivity index (χ2n) is 6.96. The zero-order valence-electron chi connectivity index (χ0n) is 15.1. The second kappa shape index (κ2) is 9.55. The van der Waals surface area contributed by atoms with Crippen LogP contribution in [0, 0.1) is 5.92 Å². The monoisotopic (exact) mass is 329 g/mol. The van der Waals surface area contributed by atoms with Gasteiger partial charge in [0, 0.05) is 6.42 Å². The summed E-state index contributed by atoms with van der Waals surface area (Å²) in [6, 6.07) is -0.318. The summed E-state index contributed by atoms with van der Waals surface area (Å²) < 4.78 is 10.7. The van der Waals surface area contributed by atoms with Crippen LogP contribution in [0.1, 0.15) is 54.4 Å². The molecule has 0 heterocycles. The molecule has 0 radical (unpaired) electrons. The summed E-state index contributed by atoms with van der Waals surface area (Å²) in [5.41, 5.74) is 0.145. The quantitative estimate of drug-likeness (QED) is 0.634. The molecule has 0 aromatic rings. The molecule has 0 saturated carbocycles. The minimum absolute atomic E-state index is 0.110. The van der Waals surface area contributed by atoms with Crippen molar-refractivity contribution in [3.63, 3.8) is 0 Å². The molecule has 0 saturated heterocycles. The zero-order valence-corrected chi connectivity index (χ0v) is 15.1. The van der Waals surface area contributed by atoms with Crippen LogP contribution < -0.4 is 5.32 Å². The molecule has 0 rings (SSSR count). The van der Waals surface area contributed by atoms with Crippen molar-refractivity contribution in [1.29, 1.82) is 0 Å². The first-order valence-electron chi connectivity index (χ1n) is 7.94. The van der Waals surface area contributed by atoms with Crippen molar-refractivity contribution >= 4 is 12.1 Å². The topological polar surface area (TPSA) is 84.9 Å². The van der Waals surface area contributed by atoms with Crippen molar-refractivity contribution in [3.8, 4) is 0 Å². The van der Waals surface area contributed by atoms with Gasteiger partial charge >= 0.3 is 12.1 Å². The van der Waals surface area contributed by atoms with Crippen LogP contribution in [-0.2, 0) is 14.3 Å². The molecule has 134 valence electrons. The minimum Gasteiger partial charge on any atom is -0.479 e. The lowest BCUT2D eigenvalue weighted by atomic mass is 10.00. The lowest BCUT2D eigenvalue weighted by molar-refractivity contribution is -0.150. The van der Waals surface area contributed by atoms with E-state index in [2.05, 4.69) is 11.9 Å². The van der Waals surface area contributed by atoms with Crippen LogP contribution in [0.5, 0.6) is 0 Å². The summed E-state index contributed by atoms with van der Waals surface area (Å²) in [4.78, 5) is 23.1. The van der Waals surface area contributed by atoms with Gasteiger partial charge in [0.2, 0.25) is 0 Å². The van der Waals surface area contributed by atoms with E-state index in [1.54, 1.807) is 27.7 Å². The standard InChI is InChI=1S/C17H31NO5/c1-8-12(4)13(18-16(21)23-17(5,6)7)10-22-14(15(19)20)9-11(2)3/h12-14H,2,8-10H2,1,3-7H3,(H,18,21)(H,19,20)/t12-,13?,14-/m0/s1. The molecule has 3 atom stereocenters. The van der Waals surface area contributed by atoms with Gasteiger partial charge < -0.3 is 19.9 Å². The van der Waals surface area contributed by atoms with E-state index in [-0.39, 0.29) is 25.0 Å². The Morgan fingerprint density at radius 3 is 2.26 bits per heavy atom. The van der Waals surface area contributed by atoms with Crippen LogP contribution in [0.4, 0.5) is 4.79 Å². The molecule has 0 aliphatic carbocycles. The number of carboxylic acid groups (broad SMARTS) is 1. The molecule has 6 heteroatoms. The van der Waals surface area contributed by atoms with Gasteiger partial charge in [-0.25, -0.2) is 9.59 Å². The third kappa shape index (κ3) is 9.94. The number of alkyl carbamates (subject to hydrolysis) is 1. The van der Waals surface area contributed by atoms with Gasteiger partial charge in [-0.15, -0.1) is 6.58 Å². The number of nitrogens with one attached hydrogen (secondary N) is 1. The predicted octanol–water partition coefficient (Wildman–Crippen LogP) is 3.36. The number of ether oxygens (including phenoxy) is 2. The molecule has 0 aromatic carbocycles. The Kier molecular flexibility index (Phi) is 8.90. The van der Waals surface area contributed by atoms with E-state index in [4.69, 9.17) is 9.47 Å². The first-order chi connectivity index (χ1) is 10.5. The van der Waals surface area contributed by atoms with Crippen molar-refractivity contribution in [1.82, 2.24) is 5.32 Å². The molecule has 23 heavy (non-hydrogen) atoms. The van der Waals surface area contributed by atoms with E-state index in [1.165, 1.54) is 0 Å². The molecular weight excluding hydrogens is 298 g/mol. The van der Waals surface area contributed by atoms with Crippen LogP contribution in [0.25, 0.3) is 0 Å². The zero-order chi connectivity index (χ0) is 18.2. The third-order valence-electron chi connectivity index (χ3n) is 3.32. The van der Waals surface area contributed by atoms with E-state index < -0.39 is 23.8 Å². The van der Waals surface area contributed by atoms with E-state index in [0.717, 1.165) is 12.0 Å². The van der Waals surface area contributed by atoms with Crippen molar-refractivity contribution < 1.29 is 24.2 Å². The highest BCUT2D eigenvalue weighted by atomic mass is 16.6. The molecule has 0 aliphatic rings. The summed E-state index contributed by atoms with van der Waals surface area (Å²) in [5, 5.41) is 12.0. The van der Waals surface area contributed by atoms with E-state index in [0.29, 0.717) is 0 Å². The summed E-state index contributed by atoms with van der Waals surface area (Å²) >= 11 is 0. The smallest absolute Gasteiger partial charge is 0.407 e.